The van der Waals surface area contributed by atoms with Gasteiger partial charge in [0, 0.05) is 22.5 Å². The number of fused-ring (bicyclic) bond motifs is 1. The third kappa shape index (κ3) is 2.70. The van der Waals surface area contributed by atoms with Gasteiger partial charge in [-0.15, -0.1) is 11.8 Å². The fourth-order valence-electron chi connectivity index (χ4n) is 2.34. The second kappa shape index (κ2) is 5.67. The highest BCUT2D eigenvalue weighted by atomic mass is 32.2. The van der Waals surface area contributed by atoms with E-state index in [1.54, 1.807) is 6.20 Å². The summed E-state index contributed by atoms with van der Waals surface area (Å²) in [5, 5.41) is 3.12. The second-order valence-electron chi connectivity index (χ2n) is 4.89. The Morgan fingerprint density at radius 2 is 2.15 bits per heavy atom. The summed E-state index contributed by atoms with van der Waals surface area (Å²) in [5.41, 5.74) is 2.75. The number of carbonyl (C=O) groups excluding carboxylic acids is 1. The van der Waals surface area contributed by atoms with Gasteiger partial charge in [-0.05, 0) is 37.1 Å². The van der Waals surface area contributed by atoms with Gasteiger partial charge in [-0.25, -0.2) is 0 Å². The van der Waals surface area contributed by atoms with Gasteiger partial charge in [-0.3, -0.25) is 9.78 Å². The molecule has 1 N–H and O–H groups in total. The minimum Gasteiger partial charge on any atom is -0.345 e. The van der Waals surface area contributed by atoms with E-state index in [9.17, 15) is 4.79 Å². The van der Waals surface area contributed by atoms with E-state index in [2.05, 4.69) is 22.4 Å². The summed E-state index contributed by atoms with van der Waals surface area (Å²) >= 11 is 1.85. The van der Waals surface area contributed by atoms with Gasteiger partial charge in [0.2, 0.25) is 0 Å². The molecule has 0 fully saturated rings. The molecule has 20 heavy (non-hydrogen) atoms. The minimum atomic E-state index is -0.0517. The Labute approximate surface area is 122 Å². The summed E-state index contributed by atoms with van der Waals surface area (Å²) in [6, 6.07) is 12.1. The van der Waals surface area contributed by atoms with Gasteiger partial charge in [-0.2, -0.15) is 0 Å². The molecule has 0 saturated heterocycles. The Morgan fingerprint density at radius 1 is 1.30 bits per heavy atom. The molecule has 3 rings (SSSR count). The number of aromatic nitrogens is 1. The zero-order valence-electron chi connectivity index (χ0n) is 11.3. The fourth-order valence-corrected chi connectivity index (χ4v) is 3.46. The van der Waals surface area contributed by atoms with Crippen molar-refractivity contribution in [3.63, 3.8) is 0 Å². The maximum absolute atomic E-state index is 12.3. The lowest BCUT2D eigenvalue weighted by Gasteiger charge is -2.25. The van der Waals surface area contributed by atoms with Crippen molar-refractivity contribution < 1.29 is 4.79 Å². The fraction of sp³-hybridized carbons (Fsp3) is 0.250. The summed E-state index contributed by atoms with van der Waals surface area (Å²) < 4.78 is 0. The van der Waals surface area contributed by atoms with Crippen molar-refractivity contribution in [2.75, 3.05) is 5.75 Å². The van der Waals surface area contributed by atoms with Crippen LogP contribution in [0.15, 0.2) is 47.5 Å². The van der Waals surface area contributed by atoms with Crippen LogP contribution in [0.3, 0.4) is 0 Å². The number of amides is 1. The number of thioether (sulfide) groups is 1. The first kappa shape index (κ1) is 13.2. The zero-order chi connectivity index (χ0) is 13.9. The molecule has 0 radical (unpaired) electrons. The van der Waals surface area contributed by atoms with Gasteiger partial charge in [0.1, 0.15) is 0 Å². The lowest BCUT2D eigenvalue weighted by molar-refractivity contribution is 0.0934. The summed E-state index contributed by atoms with van der Waals surface area (Å²) in [6.07, 6.45) is 2.60. The van der Waals surface area contributed by atoms with Crippen LogP contribution in [0.4, 0.5) is 0 Å². The largest absolute Gasteiger partial charge is 0.345 e. The Balaban J connectivity index is 1.79. The number of rotatable bonds is 2. The van der Waals surface area contributed by atoms with Crippen molar-refractivity contribution >= 4 is 17.7 Å². The quantitative estimate of drug-likeness (QED) is 0.919. The molecule has 2 heterocycles. The lowest BCUT2D eigenvalue weighted by Crippen LogP contribution is -2.30. The molecule has 1 unspecified atom stereocenters. The maximum Gasteiger partial charge on any atom is 0.253 e. The Bertz CT molecular complexity index is 625. The van der Waals surface area contributed by atoms with Crippen LogP contribution in [0.25, 0.3) is 0 Å². The topological polar surface area (TPSA) is 42.0 Å². The molecular formula is C16H16N2OS. The molecule has 1 atom stereocenters. The van der Waals surface area contributed by atoms with Crippen molar-refractivity contribution in [2.45, 2.75) is 24.3 Å². The molecule has 3 nitrogen and oxygen atoms in total. The predicted molar refractivity (Wildman–Crippen MR) is 81.0 cm³/mol. The van der Waals surface area contributed by atoms with Crippen LogP contribution in [0.1, 0.15) is 34.1 Å². The molecule has 2 aromatic rings. The van der Waals surface area contributed by atoms with Crippen molar-refractivity contribution in [3.05, 3.63) is 59.4 Å². The Hall–Kier alpha value is -1.81. The highest BCUT2D eigenvalue weighted by Gasteiger charge is 2.22. The number of hydrogen-bond donors (Lipinski definition) is 1. The molecule has 102 valence electrons. The van der Waals surface area contributed by atoms with Crippen LogP contribution < -0.4 is 5.32 Å². The van der Waals surface area contributed by atoms with Gasteiger partial charge in [0.15, 0.2) is 0 Å². The number of pyridine rings is 1. The predicted octanol–water partition coefficient (Wildman–Crippen LogP) is 3.36. The second-order valence-corrected chi connectivity index (χ2v) is 6.03. The number of hydrogen-bond acceptors (Lipinski definition) is 3. The molecule has 0 saturated carbocycles. The molecule has 1 aromatic carbocycles. The third-order valence-corrected chi connectivity index (χ3v) is 4.56. The first-order chi connectivity index (χ1) is 9.74. The van der Waals surface area contributed by atoms with Gasteiger partial charge in [0.05, 0.1) is 11.6 Å². The SMILES string of the molecule is Cc1ccc(C(=O)NC2CCSc3ccccc32)cn1. The van der Waals surface area contributed by atoms with E-state index in [0.717, 1.165) is 17.9 Å². The molecule has 0 spiro atoms. The van der Waals surface area contributed by atoms with E-state index < -0.39 is 0 Å². The van der Waals surface area contributed by atoms with Gasteiger partial charge in [-0.1, -0.05) is 18.2 Å². The first-order valence-electron chi connectivity index (χ1n) is 6.69. The van der Waals surface area contributed by atoms with Crippen LogP contribution in [0.5, 0.6) is 0 Å². The lowest BCUT2D eigenvalue weighted by atomic mass is 10.0. The summed E-state index contributed by atoms with van der Waals surface area (Å²) in [4.78, 5) is 17.7. The summed E-state index contributed by atoms with van der Waals surface area (Å²) in [5.74, 6) is 0.984. The van der Waals surface area contributed by atoms with Crippen LogP contribution in [-0.4, -0.2) is 16.6 Å². The van der Waals surface area contributed by atoms with Gasteiger partial charge < -0.3 is 5.32 Å². The normalized spacial score (nSPS) is 17.4. The Kier molecular flexibility index (Phi) is 3.74. The number of carbonyl (C=O) groups is 1. The van der Waals surface area contributed by atoms with Gasteiger partial charge in [0.25, 0.3) is 5.91 Å². The summed E-state index contributed by atoms with van der Waals surface area (Å²) in [6.45, 7) is 1.91. The summed E-state index contributed by atoms with van der Waals surface area (Å²) in [7, 11) is 0. The highest BCUT2D eigenvalue weighted by molar-refractivity contribution is 7.99. The zero-order valence-corrected chi connectivity index (χ0v) is 12.1. The van der Waals surface area contributed by atoms with Crippen molar-refractivity contribution in [2.24, 2.45) is 0 Å². The Morgan fingerprint density at radius 3 is 2.95 bits per heavy atom. The number of nitrogens with zero attached hydrogens (tertiary/aromatic N) is 1. The molecule has 1 amide bonds. The average Bonchev–Trinajstić information content (AvgIpc) is 2.48. The van der Waals surface area contributed by atoms with Crippen molar-refractivity contribution in [3.8, 4) is 0 Å². The van der Waals surface area contributed by atoms with E-state index in [1.807, 2.05) is 43.0 Å². The highest BCUT2D eigenvalue weighted by Crippen LogP contribution is 2.35. The molecule has 0 bridgehead atoms. The van der Waals surface area contributed by atoms with E-state index in [0.29, 0.717) is 5.56 Å². The monoisotopic (exact) mass is 284 g/mol. The molecule has 0 aliphatic carbocycles. The van der Waals surface area contributed by atoms with Crippen LogP contribution in [-0.2, 0) is 0 Å². The molecule has 1 aliphatic heterocycles. The van der Waals surface area contributed by atoms with E-state index in [1.165, 1.54) is 10.5 Å². The molecule has 1 aliphatic rings. The van der Waals surface area contributed by atoms with Crippen LogP contribution >= 0.6 is 11.8 Å². The number of benzene rings is 1. The average molecular weight is 284 g/mol. The van der Waals surface area contributed by atoms with E-state index >= 15 is 0 Å². The standard InChI is InChI=1S/C16H16N2OS/c1-11-6-7-12(10-17-11)16(19)18-14-8-9-20-15-5-3-2-4-13(14)15/h2-7,10,14H,8-9H2,1H3,(H,18,19). The smallest absolute Gasteiger partial charge is 0.253 e. The molecular weight excluding hydrogens is 268 g/mol. The van der Waals surface area contributed by atoms with Crippen molar-refractivity contribution in [1.29, 1.82) is 0 Å². The third-order valence-electron chi connectivity index (χ3n) is 3.44. The first-order valence-corrected chi connectivity index (χ1v) is 7.68. The van der Waals surface area contributed by atoms with Crippen LogP contribution in [0, 0.1) is 6.92 Å². The van der Waals surface area contributed by atoms with Crippen LogP contribution in [0.2, 0.25) is 0 Å². The minimum absolute atomic E-state index is 0.0517. The van der Waals surface area contributed by atoms with E-state index in [4.69, 9.17) is 0 Å². The van der Waals surface area contributed by atoms with E-state index in [-0.39, 0.29) is 11.9 Å². The van der Waals surface area contributed by atoms with Gasteiger partial charge >= 0.3 is 0 Å². The number of nitrogens with one attached hydrogen (secondary N) is 1. The maximum atomic E-state index is 12.3. The molecule has 4 heteroatoms. The number of aryl methyl sites for hydroxylation is 1. The van der Waals surface area contributed by atoms with Crippen molar-refractivity contribution in [1.82, 2.24) is 10.3 Å². The molecule has 1 aromatic heterocycles.